The minimum atomic E-state index is 0.219. The van der Waals surface area contributed by atoms with E-state index in [1.165, 1.54) is 62.5 Å². The van der Waals surface area contributed by atoms with Crippen LogP contribution in [0.15, 0.2) is 24.3 Å². The third-order valence-corrected chi connectivity index (χ3v) is 5.30. The summed E-state index contributed by atoms with van der Waals surface area (Å²) in [7, 11) is 0. The van der Waals surface area contributed by atoms with E-state index in [4.69, 9.17) is 0 Å². The molecule has 22 heavy (non-hydrogen) atoms. The Morgan fingerprint density at radius 2 is 1.82 bits per heavy atom. The fourth-order valence-electron chi connectivity index (χ4n) is 3.98. The second-order valence-corrected chi connectivity index (χ2v) is 7.01. The number of nitriles is 1. The predicted octanol–water partition coefficient (Wildman–Crippen LogP) is 6.24. The van der Waals surface area contributed by atoms with Gasteiger partial charge in [-0.3, -0.25) is 0 Å². The number of hydrogen-bond donors (Lipinski definition) is 0. The van der Waals surface area contributed by atoms with Gasteiger partial charge in [0.15, 0.2) is 0 Å². The van der Waals surface area contributed by atoms with Gasteiger partial charge in [0.05, 0.1) is 12.0 Å². The van der Waals surface area contributed by atoms with Crippen LogP contribution in [0.2, 0.25) is 0 Å². The zero-order valence-corrected chi connectivity index (χ0v) is 14.4. The maximum absolute atomic E-state index is 9.56. The first-order chi connectivity index (χ1) is 10.8. The fourth-order valence-corrected chi connectivity index (χ4v) is 3.98. The van der Waals surface area contributed by atoms with Crippen molar-refractivity contribution in [3.8, 4) is 6.07 Å². The van der Waals surface area contributed by atoms with Crippen molar-refractivity contribution < 1.29 is 0 Å². The molecule has 1 aromatic rings. The highest BCUT2D eigenvalue weighted by atomic mass is 14.4. The van der Waals surface area contributed by atoms with Crippen molar-refractivity contribution in [3.05, 3.63) is 35.4 Å². The molecule has 120 valence electrons. The number of nitrogens with zero attached hydrogens (tertiary/aromatic N) is 1. The molecule has 0 bridgehead atoms. The van der Waals surface area contributed by atoms with Gasteiger partial charge in [0, 0.05) is 0 Å². The van der Waals surface area contributed by atoms with Crippen LogP contribution in [0.1, 0.15) is 82.3 Å². The molecule has 2 rings (SSSR count). The molecule has 3 unspecified atom stereocenters. The van der Waals surface area contributed by atoms with Gasteiger partial charge in [-0.25, -0.2) is 0 Å². The molecular weight excluding hydrogens is 266 g/mol. The average molecular weight is 297 g/mol. The Morgan fingerprint density at radius 3 is 2.45 bits per heavy atom. The Hall–Kier alpha value is -1.29. The molecule has 1 aliphatic carbocycles. The van der Waals surface area contributed by atoms with Crippen LogP contribution in [-0.2, 0) is 6.42 Å². The summed E-state index contributed by atoms with van der Waals surface area (Å²) in [6.07, 6.45) is 11.2. The second kappa shape index (κ2) is 8.99. The number of hydrogen-bond acceptors (Lipinski definition) is 1. The van der Waals surface area contributed by atoms with Gasteiger partial charge in [0.25, 0.3) is 0 Å². The molecule has 1 aliphatic rings. The van der Waals surface area contributed by atoms with Crippen molar-refractivity contribution >= 4 is 0 Å². The first-order valence-corrected chi connectivity index (χ1v) is 9.26. The Labute approximate surface area is 136 Å². The summed E-state index contributed by atoms with van der Waals surface area (Å²) in [5.74, 6) is 1.46. The lowest BCUT2D eigenvalue weighted by atomic mass is 9.71. The van der Waals surface area contributed by atoms with Gasteiger partial charge in [0.1, 0.15) is 0 Å². The van der Waals surface area contributed by atoms with Gasteiger partial charge in [-0.1, -0.05) is 63.8 Å². The lowest BCUT2D eigenvalue weighted by molar-refractivity contribution is 0.261. The van der Waals surface area contributed by atoms with E-state index in [0.29, 0.717) is 5.92 Å². The van der Waals surface area contributed by atoms with Crippen LogP contribution in [0.4, 0.5) is 0 Å². The molecule has 1 nitrogen and oxygen atoms in total. The zero-order valence-electron chi connectivity index (χ0n) is 14.4. The van der Waals surface area contributed by atoms with Crippen LogP contribution in [0.5, 0.6) is 0 Å². The standard InChI is InChI=1S/C21H31N/c1-3-5-6-8-17-9-12-19(13-10-17)21-14-11-18(7-4-2)15-20(21)16-22/h9-10,12-13,18,20-21H,3-8,11,14-15H2,1-2H3. The minimum absolute atomic E-state index is 0.219. The summed E-state index contributed by atoms with van der Waals surface area (Å²) in [6, 6.07) is 11.8. The summed E-state index contributed by atoms with van der Waals surface area (Å²) < 4.78 is 0. The van der Waals surface area contributed by atoms with Crippen LogP contribution in [-0.4, -0.2) is 0 Å². The van der Waals surface area contributed by atoms with Gasteiger partial charge in [-0.15, -0.1) is 0 Å². The molecule has 0 heterocycles. The summed E-state index contributed by atoms with van der Waals surface area (Å²) in [5, 5.41) is 9.56. The highest BCUT2D eigenvalue weighted by Gasteiger charge is 2.31. The van der Waals surface area contributed by atoms with E-state index in [-0.39, 0.29) is 5.92 Å². The molecule has 0 spiro atoms. The highest BCUT2D eigenvalue weighted by molar-refractivity contribution is 5.27. The number of unbranched alkanes of at least 4 members (excludes halogenated alkanes) is 2. The first-order valence-electron chi connectivity index (χ1n) is 9.26. The SMILES string of the molecule is CCCCCc1ccc(C2CCC(CCC)CC2C#N)cc1. The quantitative estimate of drug-likeness (QED) is 0.546. The van der Waals surface area contributed by atoms with E-state index in [1.54, 1.807) is 0 Å². The zero-order chi connectivity index (χ0) is 15.8. The Bertz CT molecular complexity index is 468. The third kappa shape index (κ3) is 4.60. The molecule has 0 saturated heterocycles. The minimum Gasteiger partial charge on any atom is -0.198 e. The Kier molecular flexibility index (Phi) is 6.97. The van der Waals surface area contributed by atoms with Crippen molar-refractivity contribution in [2.75, 3.05) is 0 Å². The second-order valence-electron chi connectivity index (χ2n) is 7.01. The van der Waals surface area contributed by atoms with E-state index >= 15 is 0 Å². The molecular formula is C21H31N. The molecule has 0 aromatic heterocycles. The summed E-state index contributed by atoms with van der Waals surface area (Å²) in [5.41, 5.74) is 2.84. The molecule has 0 N–H and O–H groups in total. The molecule has 1 heteroatoms. The van der Waals surface area contributed by atoms with Crippen molar-refractivity contribution in [2.24, 2.45) is 11.8 Å². The number of aryl methyl sites for hydroxylation is 1. The van der Waals surface area contributed by atoms with Crippen LogP contribution >= 0.6 is 0 Å². The van der Waals surface area contributed by atoms with Crippen LogP contribution in [0, 0.1) is 23.2 Å². The van der Waals surface area contributed by atoms with Crippen LogP contribution in [0.3, 0.4) is 0 Å². The van der Waals surface area contributed by atoms with E-state index < -0.39 is 0 Å². The maximum Gasteiger partial charge on any atom is 0.0662 e. The Balaban J connectivity index is 1.97. The van der Waals surface area contributed by atoms with E-state index in [9.17, 15) is 5.26 Å². The maximum atomic E-state index is 9.56. The van der Waals surface area contributed by atoms with Crippen molar-refractivity contribution in [1.29, 1.82) is 5.26 Å². The topological polar surface area (TPSA) is 23.8 Å². The van der Waals surface area contributed by atoms with Gasteiger partial charge in [0.2, 0.25) is 0 Å². The largest absolute Gasteiger partial charge is 0.198 e. The summed E-state index contributed by atoms with van der Waals surface area (Å²) >= 11 is 0. The van der Waals surface area contributed by atoms with Gasteiger partial charge in [-0.2, -0.15) is 5.26 Å². The van der Waals surface area contributed by atoms with E-state index in [2.05, 4.69) is 44.2 Å². The molecule has 1 saturated carbocycles. The molecule has 1 fully saturated rings. The van der Waals surface area contributed by atoms with Crippen LogP contribution in [0.25, 0.3) is 0 Å². The third-order valence-electron chi connectivity index (χ3n) is 5.30. The van der Waals surface area contributed by atoms with Crippen molar-refractivity contribution in [2.45, 2.75) is 77.6 Å². The van der Waals surface area contributed by atoms with Gasteiger partial charge >= 0.3 is 0 Å². The van der Waals surface area contributed by atoms with Crippen LogP contribution < -0.4 is 0 Å². The molecule has 0 amide bonds. The Morgan fingerprint density at radius 1 is 1.05 bits per heavy atom. The molecule has 3 atom stereocenters. The summed E-state index contributed by atoms with van der Waals surface area (Å²) in [6.45, 7) is 4.50. The normalized spacial score (nSPS) is 24.9. The average Bonchev–Trinajstić information content (AvgIpc) is 2.56. The monoisotopic (exact) mass is 297 g/mol. The molecule has 1 aromatic carbocycles. The van der Waals surface area contributed by atoms with E-state index in [1.807, 2.05) is 0 Å². The van der Waals surface area contributed by atoms with Crippen molar-refractivity contribution in [1.82, 2.24) is 0 Å². The van der Waals surface area contributed by atoms with E-state index in [0.717, 1.165) is 12.3 Å². The smallest absolute Gasteiger partial charge is 0.0662 e. The number of benzene rings is 1. The van der Waals surface area contributed by atoms with Gasteiger partial charge in [-0.05, 0) is 55.1 Å². The fraction of sp³-hybridized carbons (Fsp3) is 0.667. The van der Waals surface area contributed by atoms with Gasteiger partial charge < -0.3 is 0 Å². The first kappa shape index (κ1) is 17.1. The lowest BCUT2D eigenvalue weighted by Gasteiger charge is -2.32. The molecule has 0 radical (unpaired) electrons. The summed E-state index contributed by atoms with van der Waals surface area (Å²) in [4.78, 5) is 0. The predicted molar refractivity (Wildman–Crippen MR) is 93.8 cm³/mol. The molecule has 0 aliphatic heterocycles. The number of rotatable bonds is 7. The van der Waals surface area contributed by atoms with Crippen molar-refractivity contribution in [3.63, 3.8) is 0 Å². The lowest BCUT2D eigenvalue weighted by Crippen LogP contribution is -2.22. The highest BCUT2D eigenvalue weighted by Crippen LogP contribution is 2.41.